The number of rotatable bonds is 7. The molecule has 152 valence electrons. The molecular formula is C23H20N2O5. The maximum Gasteiger partial charge on any atom is 0.336 e. The number of phenols is 1. The second kappa shape index (κ2) is 8.59. The van der Waals surface area contributed by atoms with E-state index >= 15 is 0 Å². The van der Waals surface area contributed by atoms with Gasteiger partial charge in [0, 0.05) is 16.8 Å². The van der Waals surface area contributed by atoms with Crippen LogP contribution in [0.1, 0.15) is 42.2 Å². The Bertz CT molecular complexity index is 1110. The van der Waals surface area contributed by atoms with E-state index in [1.54, 1.807) is 42.5 Å². The maximum absolute atomic E-state index is 13.2. The lowest BCUT2D eigenvalue weighted by Gasteiger charge is -2.17. The van der Waals surface area contributed by atoms with Gasteiger partial charge in [-0.3, -0.25) is 9.59 Å². The number of nitrogen functional groups attached to an aromatic ring is 1. The molecule has 3 rings (SSSR count). The third-order valence-corrected chi connectivity index (χ3v) is 4.71. The van der Waals surface area contributed by atoms with E-state index in [2.05, 4.69) is 0 Å². The number of benzene rings is 3. The minimum atomic E-state index is -1.36. The highest BCUT2D eigenvalue weighted by Gasteiger charge is 2.30. The molecule has 7 nitrogen and oxygen atoms in total. The third-order valence-electron chi connectivity index (χ3n) is 4.71. The molecule has 0 spiro atoms. The molecule has 0 heterocycles. The van der Waals surface area contributed by atoms with Crippen LogP contribution in [0, 0.1) is 0 Å². The first kappa shape index (κ1) is 20.8. The number of aromatic hydroxyl groups is 1. The van der Waals surface area contributed by atoms with Gasteiger partial charge in [-0.25, -0.2) is 4.79 Å². The van der Waals surface area contributed by atoms with Crippen molar-refractivity contribution in [2.75, 3.05) is 5.73 Å². The molecule has 6 N–H and O–H groups in total. The molecule has 1 atom stereocenters. The molecule has 0 saturated carbocycles. The topological polar surface area (TPSA) is 144 Å². The molecule has 0 saturated heterocycles. The monoisotopic (exact) mass is 404 g/mol. The fourth-order valence-corrected chi connectivity index (χ4v) is 3.20. The Balaban J connectivity index is 2.08. The minimum Gasteiger partial charge on any atom is -0.508 e. The van der Waals surface area contributed by atoms with Crippen molar-refractivity contribution in [3.8, 4) is 5.75 Å². The summed E-state index contributed by atoms with van der Waals surface area (Å²) in [6, 6.07) is 15.7. The maximum atomic E-state index is 13.2. The molecule has 3 aromatic carbocycles. The van der Waals surface area contributed by atoms with Crippen molar-refractivity contribution < 1.29 is 24.6 Å². The van der Waals surface area contributed by atoms with Crippen LogP contribution in [-0.4, -0.2) is 33.8 Å². The number of aromatic carboxylic acids is 1. The second-order valence-corrected chi connectivity index (χ2v) is 6.79. The number of carboxylic acid groups (broad SMARTS) is 1. The molecule has 0 fully saturated rings. The van der Waals surface area contributed by atoms with Crippen molar-refractivity contribution in [1.82, 2.24) is 0 Å². The highest BCUT2D eigenvalue weighted by molar-refractivity contribution is 6.22. The van der Waals surface area contributed by atoms with Gasteiger partial charge in [-0.1, -0.05) is 42.5 Å². The van der Waals surface area contributed by atoms with Crippen molar-refractivity contribution in [3.05, 3.63) is 94.5 Å². The lowest BCUT2D eigenvalue weighted by atomic mass is 9.87. The predicted molar refractivity (Wildman–Crippen MR) is 112 cm³/mol. The number of carbonyl (C=O) groups is 3. The molecule has 0 aromatic heterocycles. The smallest absolute Gasteiger partial charge is 0.336 e. The minimum absolute atomic E-state index is 0.00552. The van der Waals surface area contributed by atoms with Crippen LogP contribution in [0.2, 0.25) is 0 Å². The average Bonchev–Trinajstić information content (AvgIpc) is 2.74. The third kappa shape index (κ3) is 4.21. The van der Waals surface area contributed by atoms with Crippen molar-refractivity contribution >= 4 is 23.2 Å². The average molecular weight is 404 g/mol. The van der Waals surface area contributed by atoms with Crippen molar-refractivity contribution in [1.29, 1.82) is 0 Å². The van der Waals surface area contributed by atoms with Crippen LogP contribution < -0.4 is 11.5 Å². The highest BCUT2D eigenvalue weighted by Crippen LogP contribution is 2.27. The van der Waals surface area contributed by atoms with E-state index in [0.717, 1.165) is 0 Å². The number of nitrogens with two attached hydrogens (primary N) is 2. The Morgan fingerprint density at radius 1 is 0.867 bits per heavy atom. The van der Waals surface area contributed by atoms with Crippen LogP contribution in [0.25, 0.3) is 0 Å². The van der Waals surface area contributed by atoms with E-state index in [4.69, 9.17) is 11.5 Å². The van der Waals surface area contributed by atoms with E-state index < -0.39 is 23.6 Å². The first-order chi connectivity index (χ1) is 14.3. The fourth-order valence-electron chi connectivity index (χ4n) is 3.20. The summed E-state index contributed by atoms with van der Waals surface area (Å²) in [4.78, 5) is 38.1. The number of Topliss-reactive ketones (excluding diaryl/α,β-unsaturated/α-hetero) is 1. The number of carbonyl (C=O) groups excluding carboxylic acids is 2. The molecule has 3 aromatic rings. The van der Waals surface area contributed by atoms with Crippen LogP contribution >= 0.6 is 0 Å². The lowest BCUT2D eigenvalue weighted by molar-refractivity contribution is 0.0691. The second-order valence-electron chi connectivity index (χ2n) is 6.79. The summed E-state index contributed by atoms with van der Waals surface area (Å²) in [5.41, 5.74) is 12.2. The number of carboxylic acids is 1. The molecule has 0 unspecified atom stereocenters. The zero-order valence-electron chi connectivity index (χ0n) is 15.9. The first-order valence-electron chi connectivity index (χ1n) is 9.12. The largest absolute Gasteiger partial charge is 0.508 e. The van der Waals surface area contributed by atoms with Crippen molar-refractivity contribution in [2.24, 2.45) is 5.73 Å². The van der Waals surface area contributed by atoms with Crippen molar-refractivity contribution in [3.63, 3.8) is 0 Å². The summed E-state index contributed by atoms with van der Waals surface area (Å²) in [6.45, 7) is 0. The van der Waals surface area contributed by atoms with E-state index in [1.165, 1.54) is 24.3 Å². The van der Waals surface area contributed by atoms with Gasteiger partial charge in [0.1, 0.15) is 5.75 Å². The van der Waals surface area contributed by atoms with Crippen LogP contribution in [-0.2, 0) is 6.42 Å². The van der Waals surface area contributed by atoms with Gasteiger partial charge in [0.05, 0.1) is 17.2 Å². The zero-order valence-corrected chi connectivity index (χ0v) is 15.9. The SMILES string of the molecule is Nc1ccc(C(=O)O)c(C(=O)[C@@H](N)Cc2ccc(O)cc2)c1C(=O)c1ccccc1. The Hall–Kier alpha value is -3.97. The van der Waals surface area contributed by atoms with Gasteiger partial charge in [0.15, 0.2) is 11.6 Å². The summed E-state index contributed by atoms with van der Waals surface area (Å²) < 4.78 is 0. The van der Waals surface area contributed by atoms with Gasteiger partial charge in [-0.15, -0.1) is 0 Å². The van der Waals surface area contributed by atoms with Gasteiger partial charge in [0.25, 0.3) is 0 Å². The van der Waals surface area contributed by atoms with Gasteiger partial charge < -0.3 is 21.7 Å². The van der Waals surface area contributed by atoms with E-state index in [9.17, 15) is 24.6 Å². The molecular weight excluding hydrogens is 384 g/mol. The summed E-state index contributed by atoms with van der Waals surface area (Å²) in [5, 5.41) is 19.0. The number of phenolic OH excluding ortho intramolecular Hbond substituents is 1. The van der Waals surface area contributed by atoms with Gasteiger partial charge in [-0.2, -0.15) is 0 Å². The van der Waals surface area contributed by atoms with Crippen LogP contribution in [0.15, 0.2) is 66.7 Å². The van der Waals surface area contributed by atoms with E-state index in [1.807, 2.05) is 0 Å². The molecule has 0 aliphatic heterocycles. The molecule has 30 heavy (non-hydrogen) atoms. The quantitative estimate of drug-likeness (QED) is 0.350. The lowest BCUT2D eigenvalue weighted by Crippen LogP contribution is -2.35. The summed E-state index contributed by atoms with van der Waals surface area (Å²) in [6.07, 6.45) is 0.0892. The Morgan fingerprint density at radius 3 is 2.10 bits per heavy atom. The van der Waals surface area contributed by atoms with Gasteiger partial charge in [0.2, 0.25) is 0 Å². The van der Waals surface area contributed by atoms with Gasteiger partial charge >= 0.3 is 5.97 Å². The number of hydrogen-bond donors (Lipinski definition) is 4. The molecule has 0 aliphatic carbocycles. The molecule has 0 bridgehead atoms. The van der Waals surface area contributed by atoms with Crippen molar-refractivity contribution in [2.45, 2.75) is 12.5 Å². The summed E-state index contributed by atoms with van der Waals surface area (Å²) in [7, 11) is 0. The zero-order chi connectivity index (χ0) is 21.8. The first-order valence-corrected chi connectivity index (χ1v) is 9.12. The summed E-state index contributed by atoms with van der Waals surface area (Å²) >= 11 is 0. The fraction of sp³-hybridized carbons (Fsp3) is 0.0870. The highest BCUT2D eigenvalue weighted by atomic mass is 16.4. The Kier molecular flexibility index (Phi) is 5.94. The normalized spacial score (nSPS) is 11.6. The van der Waals surface area contributed by atoms with Gasteiger partial charge in [-0.05, 0) is 36.2 Å². The number of anilines is 1. The van der Waals surface area contributed by atoms with Crippen LogP contribution in [0.4, 0.5) is 5.69 Å². The molecule has 0 aliphatic rings. The Labute approximate surface area is 172 Å². The number of ketones is 2. The molecule has 0 radical (unpaired) electrons. The van der Waals surface area contributed by atoms with E-state index in [0.29, 0.717) is 5.56 Å². The Morgan fingerprint density at radius 2 is 1.50 bits per heavy atom. The van der Waals surface area contributed by atoms with E-state index in [-0.39, 0.29) is 40.1 Å². The molecule has 7 heteroatoms. The predicted octanol–water partition coefficient (Wildman–Crippen LogP) is 2.66. The standard InChI is InChI=1S/C23H20N2O5/c24-17-11-10-16(23(29)30)19(20(17)21(27)14-4-2-1-3-5-14)22(28)18(25)12-13-6-8-15(26)9-7-13/h1-11,18,26H,12,24-25H2,(H,29,30)/t18-/m0/s1. The number of hydrogen-bond acceptors (Lipinski definition) is 6. The molecule has 0 amide bonds. The summed E-state index contributed by atoms with van der Waals surface area (Å²) in [5.74, 6) is -2.56. The van der Waals surface area contributed by atoms with Crippen LogP contribution in [0.5, 0.6) is 5.75 Å². The van der Waals surface area contributed by atoms with Crippen LogP contribution in [0.3, 0.4) is 0 Å².